The molecular weight excluding hydrogens is 240 g/mol. The zero-order valence-corrected chi connectivity index (χ0v) is 13.1. The van der Waals surface area contributed by atoms with Gasteiger partial charge in [-0.05, 0) is 57.4 Å². The number of thioether (sulfide) groups is 1. The van der Waals surface area contributed by atoms with Crippen molar-refractivity contribution in [2.24, 2.45) is 5.92 Å². The fraction of sp³-hybridized carbons (Fsp3) is 1.00. The average molecular weight is 270 g/mol. The van der Waals surface area contributed by atoms with Crippen LogP contribution in [0.25, 0.3) is 0 Å². The highest BCUT2D eigenvalue weighted by atomic mass is 32.2. The normalized spacial score (nSPS) is 35.7. The summed E-state index contributed by atoms with van der Waals surface area (Å²) in [6, 6.07) is 1.57. The van der Waals surface area contributed by atoms with E-state index in [-0.39, 0.29) is 0 Å². The van der Waals surface area contributed by atoms with Crippen LogP contribution < -0.4 is 5.32 Å². The molecule has 106 valence electrons. The Balaban J connectivity index is 1.87. The van der Waals surface area contributed by atoms with E-state index in [0.717, 1.165) is 17.2 Å². The summed E-state index contributed by atoms with van der Waals surface area (Å²) in [4.78, 5) is 2.79. The van der Waals surface area contributed by atoms with E-state index in [4.69, 9.17) is 0 Å². The van der Waals surface area contributed by atoms with Gasteiger partial charge >= 0.3 is 0 Å². The Hall–Kier alpha value is 0.270. The molecule has 2 rings (SSSR count). The molecule has 2 nitrogen and oxygen atoms in total. The van der Waals surface area contributed by atoms with Gasteiger partial charge < -0.3 is 5.32 Å². The van der Waals surface area contributed by atoms with Crippen molar-refractivity contribution in [3.8, 4) is 0 Å². The van der Waals surface area contributed by atoms with E-state index in [0.29, 0.717) is 6.04 Å². The molecule has 0 radical (unpaired) electrons. The highest BCUT2D eigenvalue weighted by molar-refractivity contribution is 7.99. The van der Waals surface area contributed by atoms with E-state index >= 15 is 0 Å². The maximum atomic E-state index is 3.72. The van der Waals surface area contributed by atoms with Crippen molar-refractivity contribution >= 4 is 11.8 Å². The van der Waals surface area contributed by atoms with Crippen LogP contribution in [0.3, 0.4) is 0 Å². The van der Waals surface area contributed by atoms with Crippen LogP contribution in [-0.2, 0) is 0 Å². The van der Waals surface area contributed by atoms with Gasteiger partial charge in [-0.25, -0.2) is 0 Å². The molecule has 0 bridgehead atoms. The molecule has 0 aromatic heterocycles. The molecule has 1 unspecified atom stereocenters. The Kier molecular flexibility index (Phi) is 5.84. The minimum Gasteiger partial charge on any atom is -0.312 e. The van der Waals surface area contributed by atoms with Crippen LogP contribution in [0.4, 0.5) is 0 Å². The van der Waals surface area contributed by atoms with Gasteiger partial charge in [0.25, 0.3) is 0 Å². The van der Waals surface area contributed by atoms with Crippen LogP contribution in [0.2, 0.25) is 0 Å². The monoisotopic (exact) mass is 270 g/mol. The van der Waals surface area contributed by atoms with Crippen molar-refractivity contribution in [2.45, 2.75) is 63.3 Å². The van der Waals surface area contributed by atoms with Crippen LogP contribution in [0.1, 0.15) is 46.0 Å². The molecule has 2 fully saturated rings. The second-order valence-corrected chi connectivity index (χ2v) is 7.46. The van der Waals surface area contributed by atoms with Crippen LogP contribution >= 0.6 is 11.8 Å². The minimum atomic E-state index is 0.700. The van der Waals surface area contributed by atoms with Gasteiger partial charge in [-0.3, -0.25) is 4.90 Å². The molecule has 2 aliphatic rings. The van der Waals surface area contributed by atoms with Crippen molar-refractivity contribution in [3.63, 3.8) is 0 Å². The van der Waals surface area contributed by atoms with Crippen molar-refractivity contribution in [1.29, 1.82) is 0 Å². The van der Waals surface area contributed by atoms with Gasteiger partial charge in [0, 0.05) is 23.9 Å². The molecule has 1 heterocycles. The summed E-state index contributed by atoms with van der Waals surface area (Å²) in [6.45, 7) is 8.49. The smallest absolute Gasteiger partial charge is 0.0218 e. The first-order chi connectivity index (χ1) is 8.70. The van der Waals surface area contributed by atoms with Crippen molar-refractivity contribution in [2.75, 3.05) is 25.9 Å². The van der Waals surface area contributed by atoms with E-state index in [1.54, 1.807) is 0 Å². The molecule has 1 N–H and O–H groups in total. The molecule has 1 saturated heterocycles. The topological polar surface area (TPSA) is 15.3 Å². The predicted molar refractivity (Wildman–Crippen MR) is 82.4 cm³/mol. The maximum absolute atomic E-state index is 3.72. The predicted octanol–water partition coefficient (Wildman–Crippen LogP) is 2.98. The molecule has 1 saturated carbocycles. The SMILES string of the molecule is CSC1CCC(N2CCCNC(C(C)C)C2)CC1. The molecular formula is C15H30N2S. The van der Waals surface area contributed by atoms with Crippen molar-refractivity contribution in [3.05, 3.63) is 0 Å². The molecule has 1 aliphatic heterocycles. The van der Waals surface area contributed by atoms with E-state index in [1.165, 1.54) is 51.7 Å². The van der Waals surface area contributed by atoms with Crippen LogP contribution in [0.5, 0.6) is 0 Å². The molecule has 1 aliphatic carbocycles. The maximum Gasteiger partial charge on any atom is 0.0218 e. The highest BCUT2D eigenvalue weighted by Gasteiger charge is 2.28. The Bertz CT molecular complexity index is 237. The largest absolute Gasteiger partial charge is 0.312 e. The quantitative estimate of drug-likeness (QED) is 0.849. The highest BCUT2D eigenvalue weighted by Crippen LogP contribution is 2.30. The first kappa shape index (κ1) is 14.7. The molecule has 0 spiro atoms. The average Bonchev–Trinajstić information content (AvgIpc) is 2.65. The van der Waals surface area contributed by atoms with Gasteiger partial charge in [0.15, 0.2) is 0 Å². The summed E-state index contributed by atoms with van der Waals surface area (Å²) in [5, 5.41) is 4.66. The molecule has 0 amide bonds. The third kappa shape index (κ3) is 3.88. The van der Waals surface area contributed by atoms with Gasteiger partial charge in [-0.15, -0.1) is 0 Å². The second kappa shape index (κ2) is 7.16. The Morgan fingerprint density at radius 1 is 1.17 bits per heavy atom. The Morgan fingerprint density at radius 3 is 2.50 bits per heavy atom. The Labute approximate surface area is 117 Å². The lowest BCUT2D eigenvalue weighted by atomic mass is 9.92. The Morgan fingerprint density at radius 2 is 1.89 bits per heavy atom. The molecule has 0 aromatic rings. The van der Waals surface area contributed by atoms with Gasteiger partial charge in [-0.1, -0.05) is 13.8 Å². The summed E-state index contributed by atoms with van der Waals surface area (Å²) in [5.74, 6) is 0.758. The fourth-order valence-corrected chi connectivity index (χ4v) is 4.15. The number of nitrogens with zero attached hydrogens (tertiary/aromatic N) is 1. The number of hydrogen-bond donors (Lipinski definition) is 1. The van der Waals surface area contributed by atoms with Gasteiger partial charge in [0.1, 0.15) is 0 Å². The lowest BCUT2D eigenvalue weighted by molar-refractivity contribution is 0.147. The molecule has 0 aromatic carbocycles. The standard InChI is InChI=1S/C15H30N2S/c1-12(2)15-11-17(10-4-9-16-15)13-5-7-14(18-3)8-6-13/h12-16H,4-11H2,1-3H3. The first-order valence-corrected chi connectivity index (χ1v) is 8.99. The van der Waals surface area contributed by atoms with E-state index < -0.39 is 0 Å². The zero-order valence-electron chi connectivity index (χ0n) is 12.3. The number of hydrogen-bond acceptors (Lipinski definition) is 3. The molecule has 3 heteroatoms. The summed E-state index contributed by atoms with van der Waals surface area (Å²) < 4.78 is 0. The van der Waals surface area contributed by atoms with E-state index in [2.05, 4.69) is 42.1 Å². The number of rotatable bonds is 3. The lowest BCUT2D eigenvalue weighted by Gasteiger charge is -2.37. The summed E-state index contributed by atoms with van der Waals surface area (Å²) in [5.41, 5.74) is 0. The van der Waals surface area contributed by atoms with Gasteiger partial charge in [-0.2, -0.15) is 11.8 Å². The van der Waals surface area contributed by atoms with Gasteiger partial charge in [0.05, 0.1) is 0 Å². The fourth-order valence-electron chi connectivity index (χ4n) is 3.40. The lowest BCUT2D eigenvalue weighted by Crippen LogP contribution is -2.46. The second-order valence-electron chi connectivity index (χ2n) is 6.32. The summed E-state index contributed by atoms with van der Waals surface area (Å²) >= 11 is 2.07. The third-order valence-corrected chi connectivity index (χ3v) is 5.90. The summed E-state index contributed by atoms with van der Waals surface area (Å²) in [6.07, 6.45) is 9.32. The van der Waals surface area contributed by atoms with E-state index in [9.17, 15) is 0 Å². The third-order valence-electron chi connectivity index (χ3n) is 4.76. The molecule has 1 atom stereocenters. The van der Waals surface area contributed by atoms with Crippen LogP contribution in [0.15, 0.2) is 0 Å². The minimum absolute atomic E-state index is 0.700. The zero-order chi connectivity index (χ0) is 13.0. The number of nitrogens with one attached hydrogen (secondary N) is 1. The summed E-state index contributed by atoms with van der Waals surface area (Å²) in [7, 11) is 0. The van der Waals surface area contributed by atoms with E-state index in [1.807, 2.05) is 0 Å². The van der Waals surface area contributed by atoms with Crippen LogP contribution in [0, 0.1) is 5.92 Å². The molecule has 18 heavy (non-hydrogen) atoms. The first-order valence-electron chi connectivity index (χ1n) is 7.71. The van der Waals surface area contributed by atoms with Gasteiger partial charge in [0.2, 0.25) is 0 Å². The van der Waals surface area contributed by atoms with Crippen molar-refractivity contribution < 1.29 is 0 Å². The van der Waals surface area contributed by atoms with Crippen LogP contribution in [-0.4, -0.2) is 48.1 Å². The van der Waals surface area contributed by atoms with Crippen molar-refractivity contribution in [1.82, 2.24) is 10.2 Å².